The number of carbonyl (C=O) groups is 1. The number of nitrogens with zero attached hydrogens (tertiary/aromatic N) is 1. The van der Waals surface area contributed by atoms with Crippen molar-refractivity contribution in [2.24, 2.45) is 0 Å². The van der Waals surface area contributed by atoms with Crippen molar-refractivity contribution in [2.45, 2.75) is 19.9 Å². The lowest BCUT2D eigenvalue weighted by molar-refractivity contribution is -0.117. The van der Waals surface area contributed by atoms with Crippen molar-refractivity contribution in [1.29, 1.82) is 0 Å². The topological polar surface area (TPSA) is 32.3 Å². The molecule has 0 radical (unpaired) electrons. The Labute approximate surface area is 134 Å². The van der Waals surface area contributed by atoms with Crippen LogP contribution in [0.4, 0.5) is 15.8 Å². The van der Waals surface area contributed by atoms with E-state index in [9.17, 15) is 9.18 Å². The molecule has 5 heteroatoms. The Balaban J connectivity index is 2.07. The van der Waals surface area contributed by atoms with E-state index in [1.165, 1.54) is 12.1 Å². The van der Waals surface area contributed by atoms with Crippen LogP contribution in [0.15, 0.2) is 48.5 Å². The van der Waals surface area contributed by atoms with Crippen LogP contribution in [0.5, 0.6) is 0 Å². The van der Waals surface area contributed by atoms with E-state index in [2.05, 4.69) is 5.32 Å². The fraction of sp³-hybridized carbons (Fsp3) is 0.235. The standard InChI is InChI=1S/C17H18ClFN2O/c1-12(2)21(14-6-4-3-5-7-14)17(22)11-20-13-8-9-16(19)15(18)10-13/h3-10,12,20H,11H2,1-2H3. The highest BCUT2D eigenvalue weighted by Crippen LogP contribution is 2.20. The zero-order valence-electron chi connectivity index (χ0n) is 12.5. The number of hydrogen-bond acceptors (Lipinski definition) is 2. The van der Waals surface area contributed by atoms with Gasteiger partial charge in [-0.15, -0.1) is 0 Å². The average molecular weight is 321 g/mol. The summed E-state index contributed by atoms with van der Waals surface area (Å²) in [6.07, 6.45) is 0. The van der Waals surface area contributed by atoms with E-state index >= 15 is 0 Å². The number of hydrogen-bond donors (Lipinski definition) is 1. The molecule has 1 amide bonds. The number of carbonyl (C=O) groups excluding carboxylic acids is 1. The van der Waals surface area contributed by atoms with Gasteiger partial charge in [0.15, 0.2) is 0 Å². The first-order valence-electron chi connectivity index (χ1n) is 7.05. The van der Waals surface area contributed by atoms with Crippen LogP contribution in [0, 0.1) is 5.82 Å². The van der Waals surface area contributed by atoms with E-state index in [4.69, 9.17) is 11.6 Å². The molecule has 116 valence electrons. The summed E-state index contributed by atoms with van der Waals surface area (Å²) in [5, 5.41) is 3.00. The Kier molecular flexibility index (Phi) is 5.39. The molecule has 0 saturated carbocycles. The SMILES string of the molecule is CC(C)N(C(=O)CNc1ccc(F)c(Cl)c1)c1ccccc1. The summed E-state index contributed by atoms with van der Waals surface area (Å²) < 4.78 is 13.1. The summed E-state index contributed by atoms with van der Waals surface area (Å²) in [5.41, 5.74) is 1.46. The van der Waals surface area contributed by atoms with Crippen LogP contribution in [0.1, 0.15) is 13.8 Å². The van der Waals surface area contributed by atoms with Crippen molar-refractivity contribution in [3.05, 3.63) is 59.4 Å². The predicted octanol–water partition coefficient (Wildman–Crippen LogP) is 4.33. The van der Waals surface area contributed by atoms with E-state index in [-0.39, 0.29) is 23.5 Å². The van der Waals surface area contributed by atoms with Gasteiger partial charge < -0.3 is 10.2 Å². The van der Waals surface area contributed by atoms with E-state index in [0.717, 1.165) is 5.69 Å². The van der Waals surface area contributed by atoms with Crippen molar-refractivity contribution < 1.29 is 9.18 Å². The molecule has 3 nitrogen and oxygen atoms in total. The van der Waals surface area contributed by atoms with Crippen LogP contribution in [-0.2, 0) is 4.79 Å². The Morgan fingerprint density at radius 1 is 1.23 bits per heavy atom. The van der Waals surface area contributed by atoms with Crippen LogP contribution in [0.2, 0.25) is 5.02 Å². The van der Waals surface area contributed by atoms with E-state index in [1.807, 2.05) is 44.2 Å². The average Bonchev–Trinajstić information content (AvgIpc) is 2.49. The lowest BCUT2D eigenvalue weighted by Gasteiger charge is -2.27. The van der Waals surface area contributed by atoms with Gasteiger partial charge in [0.1, 0.15) is 5.82 Å². The number of anilines is 2. The Bertz CT molecular complexity index is 646. The molecule has 1 N–H and O–H groups in total. The molecular weight excluding hydrogens is 303 g/mol. The molecule has 0 unspecified atom stereocenters. The van der Waals surface area contributed by atoms with E-state index < -0.39 is 5.82 Å². The van der Waals surface area contributed by atoms with Gasteiger partial charge in [0.05, 0.1) is 11.6 Å². The number of benzene rings is 2. The van der Waals surface area contributed by atoms with Crippen molar-refractivity contribution in [3.8, 4) is 0 Å². The summed E-state index contributed by atoms with van der Waals surface area (Å²) in [6.45, 7) is 4.02. The van der Waals surface area contributed by atoms with Gasteiger partial charge in [0, 0.05) is 17.4 Å². The second-order valence-electron chi connectivity index (χ2n) is 5.18. The molecule has 2 rings (SSSR count). The largest absolute Gasteiger partial charge is 0.376 e. The molecule has 0 spiro atoms. The van der Waals surface area contributed by atoms with Crippen LogP contribution in [-0.4, -0.2) is 18.5 Å². The van der Waals surface area contributed by atoms with Crippen LogP contribution in [0.3, 0.4) is 0 Å². The van der Waals surface area contributed by atoms with Gasteiger partial charge in [-0.05, 0) is 44.2 Å². The Morgan fingerprint density at radius 2 is 1.91 bits per heavy atom. The lowest BCUT2D eigenvalue weighted by atomic mass is 10.2. The molecule has 0 heterocycles. The highest BCUT2D eigenvalue weighted by atomic mass is 35.5. The molecule has 0 aliphatic carbocycles. The zero-order chi connectivity index (χ0) is 16.1. The first-order valence-corrected chi connectivity index (χ1v) is 7.43. The minimum Gasteiger partial charge on any atom is -0.376 e. The number of amides is 1. The molecular formula is C17H18ClFN2O. The minimum atomic E-state index is -0.480. The quantitative estimate of drug-likeness (QED) is 0.889. The third kappa shape index (κ3) is 3.98. The number of halogens is 2. The third-order valence-corrected chi connectivity index (χ3v) is 3.47. The van der Waals surface area contributed by atoms with Gasteiger partial charge >= 0.3 is 0 Å². The molecule has 2 aromatic rings. The second-order valence-corrected chi connectivity index (χ2v) is 5.58. The maximum absolute atomic E-state index is 13.1. The van der Waals surface area contributed by atoms with Crippen LogP contribution < -0.4 is 10.2 Å². The molecule has 0 aliphatic heterocycles. The molecule has 0 atom stereocenters. The highest BCUT2D eigenvalue weighted by molar-refractivity contribution is 6.31. The summed E-state index contributed by atoms with van der Waals surface area (Å²) >= 11 is 5.73. The fourth-order valence-electron chi connectivity index (χ4n) is 2.19. The molecule has 22 heavy (non-hydrogen) atoms. The summed E-state index contributed by atoms with van der Waals surface area (Å²) in [6, 6.07) is 13.8. The maximum atomic E-state index is 13.1. The summed E-state index contributed by atoms with van der Waals surface area (Å²) in [4.78, 5) is 14.2. The van der Waals surface area contributed by atoms with Gasteiger partial charge in [0.25, 0.3) is 0 Å². The lowest BCUT2D eigenvalue weighted by Crippen LogP contribution is -2.40. The molecule has 2 aromatic carbocycles. The molecule has 0 bridgehead atoms. The predicted molar refractivity (Wildman–Crippen MR) is 89.0 cm³/mol. The highest BCUT2D eigenvalue weighted by Gasteiger charge is 2.18. The van der Waals surface area contributed by atoms with Crippen LogP contribution in [0.25, 0.3) is 0 Å². The first kappa shape index (κ1) is 16.3. The van der Waals surface area contributed by atoms with Crippen LogP contribution >= 0.6 is 11.6 Å². The van der Waals surface area contributed by atoms with Crippen molar-refractivity contribution >= 4 is 28.9 Å². The third-order valence-electron chi connectivity index (χ3n) is 3.18. The molecule has 0 saturated heterocycles. The van der Waals surface area contributed by atoms with Crippen molar-refractivity contribution in [2.75, 3.05) is 16.8 Å². The maximum Gasteiger partial charge on any atom is 0.246 e. The second kappa shape index (κ2) is 7.27. The van der Waals surface area contributed by atoms with Gasteiger partial charge in [-0.1, -0.05) is 29.8 Å². The van der Waals surface area contributed by atoms with Crippen molar-refractivity contribution in [3.63, 3.8) is 0 Å². The van der Waals surface area contributed by atoms with Gasteiger partial charge in [-0.25, -0.2) is 4.39 Å². The van der Waals surface area contributed by atoms with Gasteiger partial charge in [0.2, 0.25) is 5.91 Å². The van der Waals surface area contributed by atoms with E-state index in [1.54, 1.807) is 11.0 Å². The zero-order valence-corrected chi connectivity index (χ0v) is 13.3. The van der Waals surface area contributed by atoms with E-state index in [0.29, 0.717) is 5.69 Å². The number of nitrogens with one attached hydrogen (secondary N) is 1. The Hall–Kier alpha value is -2.07. The first-order chi connectivity index (χ1) is 10.5. The summed E-state index contributed by atoms with van der Waals surface area (Å²) in [7, 11) is 0. The number of para-hydroxylation sites is 1. The van der Waals surface area contributed by atoms with Gasteiger partial charge in [-0.3, -0.25) is 4.79 Å². The molecule has 0 aliphatic rings. The normalized spacial score (nSPS) is 10.6. The molecule has 0 fully saturated rings. The smallest absolute Gasteiger partial charge is 0.246 e. The Morgan fingerprint density at radius 3 is 2.50 bits per heavy atom. The van der Waals surface area contributed by atoms with Crippen molar-refractivity contribution in [1.82, 2.24) is 0 Å². The fourth-order valence-corrected chi connectivity index (χ4v) is 2.37. The molecule has 0 aromatic heterocycles. The summed E-state index contributed by atoms with van der Waals surface area (Å²) in [5.74, 6) is -0.548. The minimum absolute atomic E-state index is 0.0289. The van der Waals surface area contributed by atoms with Gasteiger partial charge in [-0.2, -0.15) is 0 Å². The number of rotatable bonds is 5. The monoisotopic (exact) mass is 320 g/mol.